The van der Waals surface area contributed by atoms with E-state index in [1.165, 1.54) is 5.56 Å². The molecular weight excluding hydrogens is 226 g/mol. The molecule has 1 aromatic rings. The van der Waals surface area contributed by atoms with Crippen molar-refractivity contribution in [2.75, 3.05) is 19.8 Å². The summed E-state index contributed by atoms with van der Waals surface area (Å²) in [6, 6.07) is 8.33. The fraction of sp³-hybridized carbons (Fsp3) is 0.600. The Morgan fingerprint density at radius 1 is 1.17 bits per heavy atom. The third-order valence-corrected chi connectivity index (χ3v) is 2.90. The predicted octanol–water partition coefficient (Wildman–Crippen LogP) is 2.77. The number of ether oxygens (including phenoxy) is 2. The number of benzene rings is 1. The van der Waals surface area contributed by atoms with Crippen molar-refractivity contribution in [2.45, 2.75) is 39.2 Å². The molecule has 0 aliphatic carbocycles. The van der Waals surface area contributed by atoms with Crippen molar-refractivity contribution in [3.05, 3.63) is 29.8 Å². The van der Waals surface area contributed by atoms with Crippen molar-refractivity contribution < 1.29 is 9.47 Å². The second kappa shape index (κ2) is 8.95. The van der Waals surface area contributed by atoms with Gasteiger partial charge in [0, 0.05) is 19.1 Å². The maximum Gasteiger partial charge on any atom is 0.122 e. The standard InChI is InChI=1S/C15H25NO2/c1-3-13-8-5-6-9-15(13)18-11-7-10-17-12-14(16)4-2/h5-6,8-9,14H,3-4,7,10-12,16H2,1-2H3. The van der Waals surface area contributed by atoms with Crippen molar-refractivity contribution in [1.82, 2.24) is 0 Å². The summed E-state index contributed by atoms with van der Waals surface area (Å²) in [5, 5.41) is 0. The van der Waals surface area contributed by atoms with Crippen LogP contribution in [-0.4, -0.2) is 25.9 Å². The van der Waals surface area contributed by atoms with Gasteiger partial charge in [-0.2, -0.15) is 0 Å². The molecule has 0 aliphatic rings. The van der Waals surface area contributed by atoms with Crippen molar-refractivity contribution in [3.63, 3.8) is 0 Å². The molecule has 0 heterocycles. The van der Waals surface area contributed by atoms with Crippen LogP contribution >= 0.6 is 0 Å². The lowest BCUT2D eigenvalue weighted by Gasteiger charge is -2.11. The summed E-state index contributed by atoms with van der Waals surface area (Å²) < 4.78 is 11.2. The van der Waals surface area contributed by atoms with Gasteiger partial charge in [0.2, 0.25) is 0 Å². The molecule has 0 aliphatic heterocycles. The van der Waals surface area contributed by atoms with Crippen LogP contribution in [0.4, 0.5) is 0 Å². The Balaban J connectivity index is 2.14. The van der Waals surface area contributed by atoms with Gasteiger partial charge in [-0.15, -0.1) is 0 Å². The number of hydrogen-bond donors (Lipinski definition) is 1. The van der Waals surface area contributed by atoms with Crippen LogP contribution in [0.2, 0.25) is 0 Å². The van der Waals surface area contributed by atoms with E-state index >= 15 is 0 Å². The van der Waals surface area contributed by atoms with Gasteiger partial charge in [-0.25, -0.2) is 0 Å². The van der Waals surface area contributed by atoms with Gasteiger partial charge in [-0.1, -0.05) is 32.0 Å². The zero-order chi connectivity index (χ0) is 13.2. The first kappa shape index (κ1) is 15.0. The Kier molecular flexibility index (Phi) is 7.46. The van der Waals surface area contributed by atoms with Gasteiger partial charge < -0.3 is 15.2 Å². The summed E-state index contributed by atoms with van der Waals surface area (Å²) in [7, 11) is 0. The molecule has 0 fully saturated rings. The molecule has 0 bridgehead atoms. The highest BCUT2D eigenvalue weighted by atomic mass is 16.5. The van der Waals surface area contributed by atoms with Crippen molar-refractivity contribution in [3.8, 4) is 5.75 Å². The van der Waals surface area contributed by atoms with Crippen molar-refractivity contribution >= 4 is 0 Å². The molecule has 1 aromatic carbocycles. The van der Waals surface area contributed by atoms with Crippen molar-refractivity contribution in [2.24, 2.45) is 5.73 Å². The van der Waals surface area contributed by atoms with Gasteiger partial charge in [0.1, 0.15) is 5.75 Å². The predicted molar refractivity (Wildman–Crippen MR) is 75.0 cm³/mol. The molecule has 0 saturated carbocycles. The van der Waals surface area contributed by atoms with Crippen LogP contribution in [0, 0.1) is 0 Å². The van der Waals surface area contributed by atoms with Crippen LogP contribution in [-0.2, 0) is 11.2 Å². The summed E-state index contributed by atoms with van der Waals surface area (Å²) in [4.78, 5) is 0. The van der Waals surface area contributed by atoms with Crippen LogP contribution in [0.1, 0.15) is 32.3 Å². The highest BCUT2D eigenvalue weighted by Crippen LogP contribution is 2.18. The highest BCUT2D eigenvalue weighted by Gasteiger charge is 2.01. The Bertz CT molecular complexity index is 328. The summed E-state index contributed by atoms with van der Waals surface area (Å²) in [5.74, 6) is 0.991. The number of rotatable bonds is 9. The lowest BCUT2D eigenvalue weighted by Crippen LogP contribution is -2.25. The molecule has 1 unspecified atom stereocenters. The number of nitrogens with two attached hydrogens (primary N) is 1. The van der Waals surface area contributed by atoms with Crippen LogP contribution < -0.4 is 10.5 Å². The highest BCUT2D eigenvalue weighted by molar-refractivity contribution is 5.33. The van der Waals surface area contributed by atoms with Gasteiger partial charge in [-0.05, 0) is 24.5 Å². The Labute approximate surface area is 110 Å². The quantitative estimate of drug-likeness (QED) is 0.686. The monoisotopic (exact) mass is 251 g/mol. The number of aryl methyl sites for hydroxylation is 1. The number of para-hydroxylation sites is 1. The van der Waals surface area contributed by atoms with E-state index in [4.69, 9.17) is 15.2 Å². The fourth-order valence-corrected chi connectivity index (χ4v) is 1.63. The minimum Gasteiger partial charge on any atom is -0.493 e. The number of hydrogen-bond acceptors (Lipinski definition) is 3. The molecule has 0 amide bonds. The van der Waals surface area contributed by atoms with E-state index in [1.807, 2.05) is 18.2 Å². The van der Waals surface area contributed by atoms with Crippen molar-refractivity contribution in [1.29, 1.82) is 0 Å². The lowest BCUT2D eigenvalue weighted by molar-refractivity contribution is 0.107. The molecule has 3 heteroatoms. The van der Waals surface area contributed by atoms with Gasteiger partial charge in [-0.3, -0.25) is 0 Å². The third kappa shape index (κ3) is 5.52. The molecular formula is C15H25NO2. The average Bonchev–Trinajstić information content (AvgIpc) is 2.42. The summed E-state index contributed by atoms with van der Waals surface area (Å²) in [6.07, 6.45) is 2.85. The van der Waals surface area contributed by atoms with E-state index in [0.717, 1.165) is 25.0 Å². The van der Waals surface area contributed by atoms with E-state index in [-0.39, 0.29) is 6.04 Å². The van der Waals surface area contributed by atoms with Gasteiger partial charge in [0.05, 0.1) is 13.2 Å². The zero-order valence-electron chi connectivity index (χ0n) is 11.5. The van der Waals surface area contributed by atoms with E-state index < -0.39 is 0 Å². The van der Waals surface area contributed by atoms with Crippen LogP contribution in [0.25, 0.3) is 0 Å². The summed E-state index contributed by atoms with van der Waals surface area (Å²) in [6.45, 7) is 6.25. The Hall–Kier alpha value is -1.06. The Morgan fingerprint density at radius 2 is 1.94 bits per heavy atom. The SMILES string of the molecule is CCc1ccccc1OCCCOCC(N)CC. The molecule has 102 valence electrons. The molecule has 0 spiro atoms. The minimum atomic E-state index is 0.159. The van der Waals surface area contributed by atoms with Crippen LogP contribution in [0.5, 0.6) is 5.75 Å². The second-order valence-electron chi connectivity index (χ2n) is 4.41. The fourth-order valence-electron chi connectivity index (χ4n) is 1.63. The molecule has 1 atom stereocenters. The topological polar surface area (TPSA) is 44.5 Å². The van der Waals surface area contributed by atoms with Crippen LogP contribution in [0.15, 0.2) is 24.3 Å². The molecule has 1 rings (SSSR count). The van der Waals surface area contributed by atoms with Gasteiger partial charge in [0.25, 0.3) is 0 Å². The average molecular weight is 251 g/mol. The van der Waals surface area contributed by atoms with E-state index in [1.54, 1.807) is 0 Å². The minimum absolute atomic E-state index is 0.159. The molecule has 0 aromatic heterocycles. The summed E-state index contributed by atoms with van der Waals surface area (Å²) in [5.41, 5.74) is 7.02. The van der Waals surface area contributed by atoms with Gasteiger partial charge >= 0.3 is 0 Å². The first-order chi connectivity index (χ1) is 8.77. The van der Waals surface area contributed by atoms with Crippen LogP contribution in [0.3, 0.4) is 0 Å². The molecule has 3 nitrogen and oxygen atoms in total. The van der Waals surface area contributed by atoms with E-state index in [2.05, 4.69) is 19.9 Å². The zero-order valence-corrected chi connectivity index (χ0v) is 11.5. The summed E-state index contributed by atoms with van der Waals surface area (Å²) >= 11 is 0. The maximum atomic E-state index is 5.76. The van der Waals surface area contributed by atoms with E-state index in [9.17, 15) is 0 Å². The molecule has 0 radical (unpaired) electrons. The third-order valence-electron chi connectivity index (χ3n) is 2.90. The molecule has 2 N–H and O–H groups in total. The normalized spacial score (nSPS) is 12.4. The first-order valence-corrected chi connectivity index (χ1v) is 6.82. The largest absolute Gasteiger partial charge is 0.493 e. The second-order valence-corrected chi connectivity index (χ2v) is 4.41. The van der Waals surface area contributed by atoms with Gasteiger partial charge in [0.15, 0.2) is 0 Å². The van der Waals surface area contributed by atoms with E-state index in [0.29, 0.717) is 19.8 Å². The Morgan fingerprint density at radius 3 is 2.67 bits per heavy atom. The lowest BCUT2D eigenvalue weighted by atomic mass is 10.1. The maximum absolute atomic E-state index is 5.76. The first-order valence-electron chi connectivity index (χ1n) is 6.82. The molecule has 18 heavy (non-hydrogen) atoms. The smallest absolute Gasteiger partial charge is 0.122 e. The molecule has 0 saturated heterocycles.